The molecule has 0 unspecified atom stereocenters. The highest BCUT2D eigenvalue weighted by Gasteiger charge is 2.40. The number of carbonyl (C=O) groups excluding carboxylic acids is 1. The zero-order valence-corrected chi connectivity index (χ0v) is 10.9. The molecule has 1 spiro atoms. The minimum Gasteiger partial charge on any atom is -0.371 e. The largest absolute Gasteiger partial charge is 0.371 e. The van der Waals surface area contributed by atoms with Crippen molar-refractivity contribution in [1.29, 1.82) is 0 Å². The van der Waals surface area contributed by atoms with Gasteiger partial charge in [-0.1, -0.05) is 0 Å². The van der Waals surface area contributed by atoms with Crippen molar-refractivity contribution in [3.8, 4) is 0 Å². The van der Waals surface area contributed by atoms with Crippen molar-refractivity contribution in [3.63, 3.8) is 0 Å². The molecular formula is C12H21ClN2O2. The minimum absolute atomic E-state index is 0.129. The summed E-state index contributed by atoms with van der Waals surface area (Å²) < 4.78 is 5.93. The molecule has 0 bridgehead atoms. The van der Waals surface area contributed by atoms with E-state index in [0.717, 1.165) is 32.2 Å². The summed E-state index contributed by atoms with van der Waals surface area (Å²) in [5.74, 6) is 0.547. The summed E-state index contributed by atoms with van der Waals surface area (Å²) in [6, 6.07) is 0.304. The molecule has 17 heavy (non-hydrogen) atoms. The van der Waals surface area contributed by atoms with E-state index in [2.05, 4.69) is 0 Å². The predicted molar refractivity (Wildman–Crippen MR) is 67.0 cm³/mol. The Bertz CT molecular complexity index is 278. The van der Waals surface area contributed by atoms with Gasteiger partial charge in [-0.05, 0) is 25.7 Å². The monoisotopic (exact) mass is 260 g/mol. The highest BCUT2D eigenvalue weighted by Crippen LogP contribution is 2.34. The fourth-order valence-electron chi connectivity index (χ4n) is 2.77. The molecule has 98 valence electrons. The third-order valence-electron chi connectivity index (χ3n) is 3.85. The second-order valence-electron chi connectivity index (χ2n) is 5.12. The highest BCUT2D eigenvalue weighted by molar-refractivity contribution is 6.18. The summed E-state index contributed by atoms with van der Waals surface area (Å²) in [5.41, 5.74) is 5.78. The van der Waals surface area contributed by atoms with E-state index in [1.807, 2.05) is 4.90 Å². The van der Waals surface area contributed by atoms with Crippen LogP contribution in [0.15, 0.2) is 0 Å². The number of rotatable bonds is 2. The van der Waals surface area contributed by atoms with Crippen molar-refractivity contribution in [2.75, 3.05) is 25.6 Å². The van der Waals surface area contributed by atoms with Gasteiger partial charge in [0, 0.05) is 31.4 Å². The predicted octanol–water partition coefficient (Wildman–Crippen LogP) is 1.11. The van der Waals surface area contributed by atoms with Crippen LogP contribution in [0.4, 0.5) is 0 Å². The van der Waals surface area contributed by atoms with E-state index in [1.165, 1.54) is 0 Å². The van der Waals surface area contributed by atoms with Crippen LogP contribution in [0, 0.1) is 0 Å². The van der Waals surface area contributed by atoms with Crippen molar-refractivity contribution in [1.82, 2.24) is 4.90 Å². The van der Waals surface area contributed by atoms with Gasteiger partial charge in [-0.2, -0.15) is 0 Å². The van der Waals surface area contributed by atoms with Gasteiger partial charge in [0.2, 0.25) is 5.91 Å². The Morgan fingerprint density at radius 1 is 1.47 bits per heavy atom. The average molecular weight is 261 g/mol. The Balaban J connectivity index is 1.94. The molecule has 0 aromatic carbocycles. The number of morpholine rings is 1. The molecule has 5 heteroatoms. The normalized spacial score (nSPS) is 34.0. The molecule has 0 atom stereocenters. The van der Waals surface area contributed by atoms with E-state index in [1.54, 1.807) is 0 Å². The number of amides is 1. The van der Waals surface area contributed by atoms with E-state index in [-0.39, 0.29) is 11.5 Å². The summed E-state index contributed by atoms with van der Waals surface area (Å²) in [6.45, 7) is 2.06. The highest BCUT2D eigenvalue weighted by atomic mass is 35.5. The number of alkyl halides is 1. The molecule has 0 aromatic heterocycles. The first-order valence-corrected chi connectivity index (χ1v) is 6.92. The number of hydrogen-bond donors (Lipinski definition) is 1. The van der Waals surface area contributed by atoms with Crippen LogP contribution in [0.25, 0.3) is 0 Å². The van der Waals surface area contributed by atoms with Crippen LogP contribution in [0.2, 0.25) is 0 Å². The van der Waals surface area contributed by atoms with E-state index in [0.29, 0.717) is 31.5 Å². The fraction of sp³-hybridized carbons (Fsp3) is 0.917. The summed E-state index contributed by atoms with van der Waals surface area (Å²) in [5, 5.41) is 0. The first-order valence-electron chi connectivity index (χ1n) is 6.38. The Hall–Kier alpha value is -0.320. The number of carbonyl (C=O) groups is 1. The molecule has 1 aliphatic carbocycles. The summed E-state index contributed by atoms with van der Waals surface area (Å²) in [4.78, 5) is 13.8. The van der Waals surface area contributed by atoms with Crippen molar-refractivity contribution in [2.24, 2.45) is 5.73 Å². The summed E-state index contributed by atoms with van der Waals surface area (Å²) >= 11 is 5.62. The van der Waals surface area contributed by atoms with Gasteiger partial charge in [0.1, 0.15) is 0 Å². The summed E-state index contributed by atoms with van der Waals surface area (Å²) in [6.07, 6.45) is 4.36. The SMILES string of the molecule is NC1CCC2(CC1)CN(C(=O)CCCl)CCO2. The lowest BCUT2D eigenvalue weighted by Gasteiger charge is -2.46. The number of hydrogen-bond acceptors (Lipinski definition) is 3. The molecule has 0 radical (unpaired) electrons. The first-order chi connectivity index (χ1) is 8.15. The molecule has 0 aromatic rings. The van der Waals surface area contributed by atoms with Crippen LogP contribution in [0.5, 0.6) is 0 Å². The van der Waals surface area contributed by atoms with Crippen molar-refractivity contribution < 1.29 is 9.53 Å². The molecule has 2 fully saturated rings. The van der Waals surface area contributed by atoms with Crippen LogP contribution in [0.3, 0.4) is 0 Å². The Morgan fingerprint density at radius 2 is 2.18 bits per heavy atom. The molecule has 1 heterocycles. The van der Waals surface area contributed by atoms with Gasteiger partial charge in [-0.25, -0.2) is 0 Å². The lowest BCUT2D eigenvalue weighted by molar-refractivity contribution is -0.156. The van der Waals surface area contributed by atoms with E-state index in [9.17, 15) is 4.79 Å². The second-order valence-corrected chi connectivity index (χ2v) is 5.50. The molecule has 2 N–H and O–H groups in total. The van der Waals surface area contributed by atoms with Crippen molar-refractivity contribution in [2.45, 2.75) is 43.7 Å². The molecule has 2 aliphatic rings. The van der Waals surface area contributed by atoms with Crippen LogP contribution in [0.1, 0.15) is 32.1 Å². The van der Waals surface area contributed by atoms with Gasteiger partial charge < -0.3 is 15.4 Å². The number of nitrogens with two attached hydrogens (primary N) is 1. The van der Waals surface area contributed by atoms with Crippen LogP contribution in [-0.4, -0.2) is 48.0 Å². The molecular weight excluding hydrogens is 240 g/mol. The lowest BCUT2D eigenvalue weighted by atomic mass is 9.81. The lowest BCUT2D eigenvalue weighted by Crippen LogP contribution is -2.56. The second kappa shape index (κ2) is 5.55. The zero-order valence-electron chi connectivity index (χ0n) is 10.2. The zero-order chi connectivity index (χ0) is 12.3. The van der Waals surface area contributed by atoms with E-state index in [4.69, 9.17) is 22.1 Å². The van der Waals surface area contributed by atoms with E-state index < -0.39 is 0 Å². The number of ether oxygens (including phenoxy) is 1. The maximum absolute atomic E-state index is 11.8. The summed E-state index contributed by atoms with van der Waals surface area (Å²) in [7, 11) is 0. The molecule has 1 saturated carbocycles. The first kappa shape index (κ1) is 13.1. The minimum atomic E-state index is -0.129. The average Bonchev–Trinajstić information content (AvgIpc) is 2.34. The van der Waals surface area contributed by atoms with Crippen molar-refractivity contribution >= 4 is 17.5 Å². The van der Waals surface area contributed by atoms with Crippen molar-refractivity contribution in [3.05, 3.63) is 0 Å². The molecule has 1 saturated heterocycles. The van der Waals surface area contributed by atoms with Gasteiger partial charge in [0.25, 0.3) is 0 Å². The molecule has 2 rings (SSSR count). The number of halogens is 1. The molecule has 1 aliphatic heterocycles. The van der Waals surface area contributed by atoms with Crippen LogP contribution < -0.4 is 5.73 Å². The Morgan fingerprint density at radius 3 is 2.82 bits per heavy atom. The molecule has 4 nitrogen and oxygen atoms in total. The third kappa shape index (κ3) is 3.12. The smallest absolute Gasteiger partial charge is 0.223 e. The number of nitrogens with zero attached hydrogens (tertiary/aromatic N) is 1. The van der Waals surface area contributed by atoms with Gasteiger partial charge in [0.15, 0.2) is 0 Å². The van der Waals surface area contributed by atoms with Crippen LogP contribution >= 0.6 is 11.6 Å². The Labute approximate surface area is 107 Å². The van der Waals surface area contributed by atoms with E-state index >= 15 is 0 Å². The van der Waals surface area contributed by atoms with Crippen LogP contribution in [-0.2, 0) is 9.53 Å². The molecule has 1 amide bonds. The maximum Gasteiger partial charge on any atom is 0.223 e. The van der Waals surface area contributed by atoms with Gasteiger partial charge in [-0.3, -0.25) is 4.79 Å². The quantitative estimate of drug-likeness (QED) is 0.757. The van der Waals surface area contributed by atoms with Gasteiger partial charge in [-0.15, -0.1) is 11.6 Å². The third-order valence-corrected chi connectivity index (χ3v) is 4.04. The van der Waals surface area contributed by atoms with Gasteiger partial charge >= 0.3 is 0 Å². The maximum atomic E-state index is 11.8. The Kier molecular flexibility index (Phi) is 4.28. The topological polar surface area (TPSA) is 55.6 Å². The fourth-order valence-corrected chi connectivity index (χ4v) is 2.93. The standard InChI is InChI=1S/C12H21ClN2O2/c13-6-3-11(16)15-7-8-17-12(9-15)4-1-10(14)2-5-12/h10H,1-9,14H2. The van der Waals surface area contributed by atoms with Gasteiger partial charge in [0.05, 0.1) is 12.2 Å².